The number of aryl methyl sites for hydroxylation is 1. The zero-order valence-corrected chi connectivity index (χ0v) is 11.7. The van der Waals surface area contributed by atoms with E-state index in [1.165, 1.54) is 10.5 Å². The fourth-order valence-corrected chi connectivity index (χ4v) is 3.92. The third kappa shape index (κ3) is 2.68. The van der Waals surface area contributed by atoms with Crippen molar-refractivity contribution in [1.29, 1.82) is 0 Å². The highest BCUT2D eigenvalue weighted by molar-refractivity contribution is 8.00. The molecule has 2 heterocycles. The summed E-state index contributed by atoms with van der Waals surface area (Å²) in [6, 6.07) is 10.9. The molecule has 3 N–H and O–H groups in total. The molecule has 0 saturated carbocycles. The van der Waals surface area contributed by atoms with Gasteiger partial charge in [0.05, 0.1) is 5.69 Å². The monoisotopic (exact) mass is 274 g/mol. The third-order valence-corrected chi connectivity index (χ3v) is 4.98. The number of hydrogen-bond acceptors (Lipinski definition) is 4. The lowest BCUT2D eigenvalue weighted by Crippen LogP contribution is -2.44. The highest BCUT2D eigenvalue weighted by atomic mass is 32.2. The summed E-state index contributed by atoms with van der Waals surface area (Å²) < 4.78 is 1.83. The van der Waals surface area contributed by atoms with Gasteiger partial charge in [-0.15, -0.1) is 11.8 Å². The van der Waals surface area contributed by atoms with Crippen molar-refractivity contribution < 1.29 is 0 Å². The van der Waals surface area contributed by atoms with E-state index in [0.29, 0.717) is 5.25 Å². The van der Waals surface area contributed by atoms with Gasteiger partial charge in [0, 0.05) is 35.9 Å². The van der Waals surface area contributed by atoms with Gasteiger partial charge in [-0.1, -0.05) is 18.2 Å². The van der Waals surface area contributed by atoms with Crippen LogP contribution in [0.2, 0.25) is 0 Å². The number of thioether (sulfide) groups is 1. The fourth-order valence-electron chi connectivity index (χ4n) is 2.53. The predicted octanol–water partition coefficient (Wildman–Crippen LogP) is 1.51. The van der Waals surface area contributed by atoms with Gasteiger partial charge in [-0.3, -0.25) is 16.0 Å². The standard InChI is InChI=1S/C14H18N4S/c1-18-7-6-11(17-18)9-12(16-15)14-8-10-4-2-3-5-13(10)19-14/h2-7,12,14,16H,8-9,15H2,1H3. The molecule has 1 aromatic carbocycles. The smallest absolute Gasteiger partial charge is 0.0640 e. The summed E-state index contributed by atoms with van der Waals surface area (Å²) in [6.45, 7) is 0. The van der Waals surface area contributed by atoms with Crippen LogP contribution in [-0.2, 0) is 19.9 Å². The molecule has 0 amide bonds. The largest absolute Gasteiger partial charge is 0.276 e. The second kappa shape index (κ2) is 5.36. The molecule has 5 heteroatoms. The van der Waals surface area contributed by atoms with Gasteiger partial charge in [-0.05, 0) is 24.1 Å². The highest BCUT2D eigenvalue weighted by Gasteiger charge is 2.29. The molecule has 0 aliphatic carbocycles. The molecular weight excluding hydrogens is 256 g/mol. The summed E-state index contributed by atoms with van der Waals surface area (Å²) in [5.74, 6) is 5.74. The predicted molar refractivity (Wildman–Crippen MR) is 77.8 cm³/mol. The Morgan fingerprint density at radius 2 is 2.32 bits per heavy atom. The van der Waals surface area contributed by atoms with E-state index < -0.39 is 0 Å². The lowest BCUT2D eigenvalue weighted by atomic mass is 10.0. The average Bonchev–Trinajstić information content (AvgIpc) is 3.01. The van der Waals surface area contributed by atoms with Crippen LogP contribution in [-0.4, -0.2) is 21.1 Å². The van der Waals surface area contributed by atoms with E-state index in [4.69, 9.17) is 5.84 Å². The van der Waals surface area contributed by atoms with Gasteiger partial charge >= 0.3 is 0 Å². The van der Waals surface area contributed by atoms with Crippen LogP contribution < -0.4 is 11.3 Å². The highest BCUT2D eigenvalue weighted by Crippen LogP contribution is 2.38. The summed E-state index contributed by atoms with van der Waals surface area (Å²) >= 11 is 1.92. The van der Waals surface area contributed by atoms with Crippen LogP contribution in [0.3, 0.4) is 0 Å². The Bertz CT molecular complexity index is 541. The van der Waals surface area contributed by atoms with Crippen molar-refractivity contribution in [3.8, 4) is 0 Å². The summed E-state index contributed by atoms with van der Waals surface area (Å²) in [6.07, 6.45) is 3.91. The molecule has 3 rings (SSSR count). The molecule has 2 atom stereocenters. The maximum Gasteiger partial charge on any atom is 0.0640 e. The minimum absolute atomic E-state index is 0.243. The van der Waals surface area contributed by atoms with Crippen molar-refractivity contribution in [1.82, 2.24) is 15.2 Å². The lowest BCUT2D eigenvalue weighted by Gasteiger charge is -2.20. The molecule has 100 valence electrons. The van der Waals surface area contributed by atoms with E-state index >= 15 is 0 Å². The first kappa shape index (κ1) is 12.7. The van der Waals surface area contributed by atoms with Crippen molar-refractivity contribution in [3.63, 3.8) is 0 Å². The second-order valence-electron chi connectivity index (χ2n) is 4.93. The quantitative estimate of drug-likeness (QED) is 0.655. The SMILES string of the molecule is Cn1ccc(CC(NN)C2Cc3ccccc3S2)n1. The molecule has 19 heavy (non-hydrogen) atoms. The number of fused-ring (bicyclic) bond motifs is 1. The molecule has 4 nitrogen and oxygen atoms in total. The van der Waals surface area contributed by atoms with Crippen LogP contribution >= 0.6 is 11.8 Å². The van der Waals surface area contributed by atoms with E-state index in [-0.39, 0.29) is 6.04 Å². The van der Waals surface area contributed by atoms with Crippen LogP contribution in [0.4, 0.5) is 0 Å². The molecule has 1 aromatic heterocycles. The number of rotatable bonds is 4. The van der Waals surface area contributed by atoms with E-state index in [9.17, 15) is 0 Å². The van der Waals surface area contributed by atoms with Gasteiger partial charge in [0.15, 0.2) is 0 Å². The van der Waals surface area contributed by atoms with Gasteiger partial charge in [0.2, 0.25) is 0 Å². The van der Waals surface area contributed by atoms with Crippen LogP contribution in [0.15, 0.2) is 41.4 Å². The van der Waals surface area contributed by atoms with Crippen LogP contribution in [0.25, 0.3) is 0 Å². The minimum atomic E-state index is 0.243. The number of hydrazine groups is 1. The maximum atomic E-state index is 5.74. The third-order valence-electron chi connectivity index (χ3n) is 3.53. The number of aromatic nitrogens is 2. The normalized spacial score (nSPS) is 19.4. The molecule has 2 unspecified atom stereocenters. The van der Waals surface area contributed by atoms with Crippen LogP contribution in [0.5, 0.6) is 0 Å². The lowest BCUT2D eigenvalue weighted by molar-refractivity contribution is 0.499. The Labute approximate surface area is 117 Å². The molecule has 0 saturated heterocycles. The number of nitrogens with one attached hydrogen (secondary N) is 1. The van der Waals surface area contributed by atoms with Crippen molar-refractivity contribution in [2.45, 2.75) is 29.0 Å². The van der Waals surface area contributed by atoms with Crippen LogP contribution in [0.1, 0.15) is 11.3 Å². The first-order valence-corrected chi connectivity index (χ1v) is 7.33. The van der Waals surface area contributed by atoms with Gasteiger partial charge in [-0.25, -0.2) is 0 Å². The van der Waals surface area contributed by atoms with Crippen molar-refractivity contribution in [2.75, 3.05) is 0 Å². The van der Waals surface area contributed by atoms with E-state index in [2.05, 4.69) is 40.9 Å². The number of hydrogen-bond donors (Lipinski definition) is 2. The molecule has 1 aliphatic rings. The number of benzene rings is 1. The first-order chi connectivity index (χ1) is 9.26. The summed E-state index contributed by atoms with van der Waals surface area (Å²) in [7, 11) is 1.94. The molecule has 0 spiro atoms. The number of nitrogens with two attached hydrogens (primary N) is 1. The zero-order valence-electron chi connectivity index (χ0n) is 10.9. The molecule has 2 aromatic rings. The average molecular weight is 274 g/mol. The Hall–Kier alpha value is -1.30. The van der Waals surface area contributed by atoms with Gasteiger partial charge in [0.1, 0.15) is 0 Å². The number of nitrogens with zero attached hydrogens (tertiary/aromatic N) is 2. The summed E-state index contributed by atoms with van der Waals surface area (Å²) in [4.78, 5) is 1.38. The van der Waals surface area contributed by atoms with Gasteiger partial charge in [0.25, 0.3) is 0 Å². The Kier molecular flexibility index (Phi) is 3.59. The first-order valence-electron chi connectivity index (χ1n) is 6.45. The van der Waals surface area contributed by atoms with Crippen molar-refractivity contribution in [2.24, 2.45) is 12.9 Å². The summed E-state index contributed by atoms with van der Waals surface area (Å²) in [5, 5.41) is 4.91. The van der Waals surface area contributed by atoms with Gasteiger partial charge in [-0.2, -0.15) is 5.10 Å². The molecular formula is C14H18N4S. The Balaban J connectivity index is 1.71. The fraction of sp³-hybridized carbons (Fsp3) is 0.357. The Morgan fingerprint density at radius 1 is 1.47 bits per heavy atom. The van der Waals surface area contributed by atoms with Crippen molar-refractivity contribution in [3.05, 3.63) is 47.8 Å². The van der Waals surface area contributed by atoms with E-state index in [1.807, 2.05) is 29.7 Å². The minimum Gasteiger partial charge on any atom is -0.276 e. The summed E-state index contributed by atoms with van der Waals surface area (Å²) in [5.41, 5.74) is 5.48. The zero-order chi connectivity index (χ0) is 13.2. The Morgan fingerprint density at radius 3 is 3.00 bits per heavy atom. The molecule has 0 radical (unpaired) electrons. The topological polar surface area (TPSA) is 55.9 Å². The van der Waals surface area contributed by atoms with E-state index in [0.717, 1.165) is 18.5 Å². The second-order valence-corrected chi connectivity index (χ2v) is 6.21. The molecule has 0 fully saturated rings. The molecule has 1 aliphatic heterocycles. The van der Waals surface area contributed by atoms with Crippen molar-refractivity contribution >= 4 is 11.8 Å². The molecule has 0 bridgehead atoms. The maximum absolute atomic E-state index is 5.74. The van der Waals surface area contributed by atoms with Gasteiger partial charge < -0.3 is 0 Å². The van der Waals surface area contributed by atoms with E-state index in [1.54, 1.807) is 0 Å². The van der Waals surface area contributed by atoms with Crippen LogP contribution in [0, 0.1) is 0 Å².